The second-order valence-corrected chi connectivity index (χ2v) is 8.83. The summed E-state index contributed by atoms with van der Waals surface area (Å²) in [5.74, 6) is 0.918. The van der Waals surface area contributed by atoms with E-state index >= 15 is 0 Å². The summed E-state index contributed by atoms with van der Waals surface area (Å²) < 4.78 is 0. The van der Waals surface area contributed by atoms with Gasteiger partial charge in [0.2, 0.25) is 0 Å². The number of aliphatic imine (C=N–C) groups is 1. The number of hydrogen-bond acceptors (Lipinski definition) is 4. The van der Waals surface area contributed by atoms with E-state index in [1.54, 1.807) is 11.3 Å². The molecule has 0 aromatic carbocycles. The van der Waals surface area contributed by atoms with E-state index in [1.807, 2.05) is 7.05 Å². The summed E-state index contributed by atoms with van der Waals surface area (Å²) in [5.41, 5.74) is 1.32. The molecule has 6 heteroatoms. The minimum Gasteiger partial charge on any atom is -0.356 e. The quantitative estimate of drug-likeness (QED) is 0.601. The van der Waals surface area contributed by atoms with Gasteiger partial charge in [-0.2, -0.15) is 0 Å². The van der Waals surface area contributed by atoms with Crippen molar-refractivity contribution < 1.29 is 0 Å². The SMILES string of the molecule is CCCN1CCC(NC(=NC)NCCc2nc(C(C)(C)C)cs2)CC1. The number of nitrogens with one attached hydrogen (secondary N) is 2. The van der Waals surface area contributed by atoms with E-state index in [2.05, 4.69) is 53.6 Å². The molecule has 1 saturated heterocycles. The molecule has 1 aliphatic heterocycles. The van der Waals surface area contributed by atoms with E-state index in [9.17, 15) is 0 Å². The average molecular weight is 366 g/mol. The molecule has 25 heavy (non-hydrogen) atoms. The minimum atomic E-state index is 0.131. The molecular weight excluding hydrogens is 330 g/mol. The van der Waals surface area contributed by atoms with Crippen molar-refractivity contribution in [2.45, 2.75) is 64.8 Å². The minimum absolute atomic E-state index is 0.131. The number of nitrogens with zero attached hydrogens (tertiary/aromatic N) is 3. The highest BCUT2D eigenvalue weighted by Crippen LogP contribution is 2.23. The highest BCUT2D eigenvalue weighted by Gasteiger charge is 2.19. The Balaban J connectivity index is 1.71. The van der Waals surface area contributed by atoms with Crippen molar-refractivity contribution in [1.82, 2.24) is 20.5 Å². The lowest BCUT2D eigenvalue weighted by Gasteiger charge is -2.32. The fourth-order valence-electron chi connectivity index (χ4n) is 3.06. The zero-order valence-corrected chi connectivity index (χ0v) is 17.4. The number of aromatic nitrogens is 1. The summed E-state index contributed by atoms with van der Waals surface area (Å²) >= 11 is 1.76. The van der Waals surface area contributed by atoms with Crippen LogP contribution in [0.2, 0.25) is 0 Å². The second-order valence-electron chi connectivity index (χ2n) is 7.89. The smallest absolute Gasteiger partial charge is 0.191 e. The van der Waals surface area contributed by atoms with Gasteiger partial charge in [0, 0.05) is 49.9 Å². The van der Waals surface area contributed by atoms with Crippen LogP contribution in [-0.4, -0.2) is 55.1 Å². The van der Waals surface area contributed by atoms with Crippen molar-refractivity contribution in [3.05, 3.63) is 16.1 Å². The largest absolute Gasteiger partial charge is 0.356 e. The number of likely N-dealkylation sites (tertiary alicyclic amines) is 1. The summed E-state index contributed by atoms with van der Waals surface area (Å²) in [6.45, 7) is 13.4. The molecular formula is C19H35N5S. The molecule has 0 unspecified atom stereocenters. The number of rotatable bonds is 6. The van der Waals surface area contributed by atoms with E-state index in [4.69, 9.17) is 4.98 Å². The van der Waals surface area contributed by atoms with Gasteiger partial charge in [0.05, 0.1) is 10.7 Å². The number of guanidine groups is 1. The highest BCUT2D eigenvalue weighted by atomic mass is 32.1. The third kappa shape index (κ3) is 6.59. The second kappa shape index (κ2) is 9.53. The van der Waals surface area contributed by atoms with Crippen LogP contribution < -0.4 is 10.6 Å². The first kappa shape index (κ1) is 20.2. The maximum absolute atomic E-state index is 4.76. The number of piperidine rings is 1. The zero-order chi connectivity index (χ0) is 18.3. The summed E-state index contributed by atoms with van der Waals surface area (Å²) in [6, 6.07) is 0.534. The lowest BCUT2D eigenvalue weighted by atomic mass is 9.93. The number of hydrogen-bond donors (Lipinski definition) is 2. The van der Waals surface area contributed by atoms with Gasteiger partial charge in [0.1, 0.15) is 0 Å². The zero-order valence-electron chi connectivity index (χ0n) is 16.6. The van der Waals surface area contributed by atoms with Gasteiger partial charge in [-0.15, -0.1) is 11.3 Å². The van der Waals surface area contributed by atoms with Crippen LogP contribution in [0.15, 0.2) is 10.4 Å². The van der Waals surface area contributed by atoms with Crippen molar-refractivity contribution in [2.24, 2.45) is 4.99 Å². The normalized spacial score (nSPS) is 17.7. The fourth-order valence-corrected chi connectivity index (χ4v) is 4.09. The molecule has 0 atom stereocenters. The molecule has 2 rings (SSSR count). The van der Waals surface area contributed by atoms with Gasteiger partial charge >= 0.3 is 0 Å². The van der Waals surface area contributed by atoms with E-state index in [0.29, 0.717) is 6.04 Å². The van der Waals surface area contributed by atoms with Gasteiger partial charge in [0.15, 0.2) is 5.96 Å². The van der Waals surface area contributed by atoms with Gasteiger partial charge < -0.3 is 15.5 Å². The Hall–Kier alpha value is -1.14. The lowest BCUT2D eigenvalue weighted by molar-refractivity contribution is 0.206. The van der Waals surface area contributed by atoms with Crippen LogP contribution in [0.5, 0.6) is 0 Å². The molecule has 0 aliphatic carbocycles. The highest BCUT2D eigenvalue weighted by molar-refractivity contribution is 7.09. The molecule has 0 saturated carbocycles. The van der Waals surface area contributed by atoms with Crippen LogP contribution in [0.4, 0.5) is 0 Å². The lowest BCUT2D eigenvalue weighted by Crippen LogP contribution is -2.49. The van der Waals surface area contributed by atoms with Crippen molar-refractivity contribution in [1.29, 1.82) is 0 Å². The summed E-state index contributed by atoms with van der Waals surface area (Å²) in [5, 5.41) is 10.4. The molecule has 1 aromatic heterocycles. The Morgan fingerprint density at radius 2 is 2.08 bits per heavy atom. The molecule has 5 nitrogen and oxygen atoms in total. The van der Waals surface area contributed by atoms with Crippen LogP contribution in [0.1, 0.15) is 57.7 Å². The van der Waals surface area contributed by atoms with Crippen molar-refractivity contribution in [3.8, 4) is 0 Å². The summed E-state index contributed by atoms with van der Waals surface area (Å²) in [6.07, 6.45) is 4.58. The molecule has 1 aliphatic rings. The standard InChI is InChI=1S/C19H35N5S/c1-6-11-24-12-8-15(9-13-24)22-18(20-5)21-10-7-17-23-16(14-25-17)19(2,3)4/h14-15H,6-13H2,1-5H3,(H2,20,21,22). The van der Waals surface area contributed by atoms with Crippen LogP contribution in [0.3, 0.4) is 0 Å². The number of thiazole rings is 1. The maximum atomic E-state index is 4.76. The Morgan fingerprint density at radius 1 is 1.36 bits per heavy atom. The fraction of sp³-hybridized carbons (Fsp3) is 0.789. The average Bonchev–Trinajstić information content (AvgIpc) is 3.05. The Morgan fingerprint density at radius 3 is 2.64 bits per heavy atom. The summed E-state index contributed by atoms with van der Waals surface area (Å²) in [7, 11) is 1.85. The molecule has 2 heterocycles. The maximum Gasteiger partial charge on any atom is 0.191 e. The molecule has 0 radical (unpaired) electrons. The Bertz CT molecular complexity index is 538. The molecule has 0 bridgehead atoms. The summed E-state index contributed by atoms with van der Waals surface area (Å²) in [4.78, 5) is 11.7. The van der Waals surface area contributed by atoms with Gasteiger partial charge in [-0.1, -0.05) is 27.7 Å². The van der Waals surface area contributed by atoms with Gasteiger partial charge in [-0.25, -0.2) is 4.98 Å². The van der Waals surface area contributed by atoms with Gasteiger partial charge in [-0.3, -0.25) is 4.99 Å². The van der Waals surface area contributed by atoms with Crippen LogP contribution in [-0.2, 0) is 11.8 Å². The van der Waals surface area contributed by atoms with E-state index in [-0.39, 0.29) is 5.41 Å². The molecule has 1 fully saturated rings. The third-order valence-electron chi connectivity index (χ3n) is 4.64. The van der Waals surface area contributed by atoms with Gasteiger partial charge in [0.25, 0.3) is 0 Å². The predicted octanol–water partition coefficient (Wildman–Crippen LogP) is 3.02. The predicted molar refractivity (Wildman–Crippen MR) is 109 cm³/mol. The Kier molecular flexibility index (Phi) is 7.69. The first-order valence-electron chi connectivity index (χ1n) is 9.56. The van der Waals surface area contributed by atoms with E-state index in [1.165, 1.54) is 49.6 Å². The third-order valence-corrected chi connectivity index (χ3v) is 5.55. The first-order chi connectivity index (χ1) is 11.9. The molecule has 2 N–H and O–H groups in total. The van der Waals surface area contributed by atoms with Crippen LogP contribution in [0, 0.1) is 0 Å². The van der Waals surface area contributed by atoms with Crippen LogP contribution in [0.25, 0.3) is 0 Å². The molecule has 1 aromatic rings. The van der Waals surface area contributed by atoms with E-state index < -0.39 is 0 Å². The molecule has 142 valence electrons. The Labute approximate surface area is 157 Å². The molecule has 0 spiro atoms. The first-order valence-corrected chi connectivity index (χ1v) is 10.4. The van der Waals surface area contributed by atoms with Crippen molar-refractivity contribution in [2.75, 3.05) is 33.2 Å². The van der Waals surface area contributed by atoms with Crippen LogP contribution >= 0.6 is 11.3 Å². The topological polar surface area (TPSA) is 52.5 Å². The van der Waals surface area contributed by atoms with E-state index in [0.717, 1.165) is 18.9 Å². The van der Waals surface area contributed by atoms with Crippen molar-refractivity contribution >= 4 is 17.3 Å². The molecule has 0 amide bonds. The van der Waals surface area contributed by atoms with Crippen molar-refractivity contribution in [3.63, 3.8) is 0 Å². The monoisotopic (exact) mass is 365 g/mol. The van der Waals surface area contributed by atoms with Gasteiger partial charge in [-0.05, 0) is 25.8 Å².